The Labute approximate surface area is 135 Å². The van der Waals surface area contributed by atoms with Gasteiger partial charge < -0.3 is 15.0 Å². The maximum atomic E-state index is 5.86. The normalized spacial score (nSPS) is 11.0. The van der Waals surface area contributed by atoms with Crippen molar-refractivity contribution in [1.29, 1.82) is 0 Å². The Morgan fingerprint density at radius 1 is 1.04 bits per heavy atom. The molecule has 1 aromatic heterocycles. The highest BCUT2D eigenvalue weighted by atomic mass is 16.5. The fourth-order valence-corrected chi connectivity index (χ4v) is 2.11. The van der Waals surface area contributed by atoms with Gasteiger partial charge in [0.05, 0.1) is 0 Å². The molecule has 0 spiro atoms. The Kier molecular flexibility index (Phi) is 4.43. The van der Waals surface area contributed by atoms with Crippen molar-refractivity contribution >= 4 is 17.8 Å². The number of hydrogen-bond donors (Lipinski definition) is 1. The van der Waals surface area contributed by atoms with E-state index in [4.69, 9.17) is 15.0 Å². The number of nitrogen functional groups attached to an aromatic ring is 1. The van der Waals surface area contributed by atoms with Crippen LogP contribution in [0, 0.1) is 6.92 Å². The number of rotatable bonds is 5. The monoisotopic (exact) mass is 306 g/mol. The van der Waals surface area contributed by atoms with Crippen LogP contribution in [0.4, 0.5) is 5.69 Å². The summed E-state index contributed by atoms with van der Waals surface area (Å²) >= 11 is 0. The summed E-state index contributed by atoms with van der Waals surface area (Å²) < 4.78 is 10.8. The van der Waals surface area contributed by atoms with E-state index in [1.165, 1.54) is 0 Å². The first-order valence-corrected chi connectivity index (χ1v) is 7.39. The maximum absolute atomic E-state index is 5.86. The third-order valence-corrected chi connectivity index (χ3v) is 3.50. The van der Waals surface area contributed by atoms with Crippen LogP contribution >= 0.6 is 0 Å². The molecule has 0 bridgehead atoms. The van der Waals surface area contributed by atoms with Crippen LogP contribution in [-0.2, 0) is 6.61 Å². The Morgan fingerprint density at radius 2 is 1.78 bits per heavy atom. The van der Waals surface area contributed by atoms with Crippen molar-refractivity contribution in [3.63, 3.8) is 0 Å². The molecular formula is C19H18N2O2. The lowest BCUT2D eigenvalue weighted by molar-refractivity contribution is 0.306. The Hall–Kier alpha value is -3.01. The van der Waals surface area contributed by atoms with Gasteiger partial charge in [-0.2, -0.15) is 0 Å². The molecule has 23 heavy (non-hydrogen) atoms. The number of anilines is 1. The van der Waals surface area contributed by atoms with Gasteiger partial charge in [-0.05, 0) is 36.3 Å². The van der Waals surface area contributed by atoms with Gasteiger partial charge in [0.25, 0.3) is 0 Å². The molecule has 116 valence electrons. The van der Waals surface area contributed by atoms with E-state index in [9.17, 15) is 0 Å². The molecule has 3 rings (SSSR count). The van der Waals surface area contributed by atoms with Gasteiger partial charge in [-0.25, -0.2) is 0 Å². The van der Waals surface area contributed by atoms with Gasteiger partial charge in [0.2, 0.25) is 0 Å². The van der Waals surface area contributed by atoms with Crippen LogP contribution in [0.5, 0.6) is 5.75 Å². The zero-order chi connectivity index (χ0) is 16.1. The fraction of sp³-hybridized carbons (Fsp3) is 0.105. The molecule has 2 aromatic carbocycles. The zero-order valence-electron chi connectivity index (χ0n) is 12.9. The lowest BCUT2D eigenvalue weighted by Crippen LogP contribution is -1.94. The second-order valence-corrected chi connectivity index (χ2v) is 5.21. The maximum Gasteiger partial charge on any atom is 0.157 e. The fourth-order valence-electron chi connectivity index (χ4n) is 2.11. The second kappa shape index (κ2) is 6.83. The molecule has 3 aromatic rings. The summed E-state index contributed by atoms with van der Waals surface area (Å²) in [6.45, 7) is 2.35. The van der Waals surface area contributed by atoms with Crippen molar-refractivity contribution in [2.45, 2.75) is 13.5 Å². The smallest absolute Gasteiger partial charge is 0.157 e. The van der Waals surface area contributed by atoms with Crippen molar-refractivity contribution in [1.82, 2.24) is 5.16 Å². The minimum Gasteiger partial charge on any atom is -0.489 e. The lowest BCUT2D eigenvalue weighted by Gasteiger charge is -2.06. The second-order valence-electron chi connectivity index (χ2n) is 5.21. The molecule has 0 saturated heterocycles. The van der Waals surface area contributed by atoms with Gasteiger partial charge in [0.1, 0.15) is 23.7 Å². The molecule has 0 unspecified atom stereocenters. The summed E-state index contributed by atoms with van der Waals surface area (Å²) in [4.78, 5) is 0. The van der Waals surface area contributed by atoms with Crippen LogP contribution in [0.1, 0.15) is 22.6 Å². The molecule has 4 nitrogen and oxygen atoms in total. The standard InChI is InChI=1S/C19H18N2O2/c1-14-19(20)18(21-23-14)12-9-15-7-10-17(11-8-15)22-13-16-5-3-2-4-6-16/h2-12H,13,20H2,1H3/b12-9+. The SMILES string of the molecule is Cc1onc(/C=C/c2ccc(OCc3ccccc3)cc2)c1N. The van der Waals surface area contributed by atoms with Crippen molar-refractivity contribution < 1.29 is 9.26 Å². The highest BCUT2D eigenvalue weighted by molar-refractivity contribution is 5.74. The van der Waals surface area contributed by atoms with Crippen molar-refractivity contribution in [3.05, 3.63) is 77.2 Å². The zero-order valence-corrected chi connectivity index (χ0v) is 12.9. The number of nitrogens with two attached hydrogens (primary N) is 1. The number of hydrogen-bond acceptors (Lipinski definition) is 4. The number of benzene rings is 2. The molecule has 0 atom stereocenters. The van der Waals surface area contributed by atoms with Gasteiger partial charge in [0, 0.05) is 0 Å². The van der Waals surface area contributed by atoms with Gasteiger partial charge >= 0.3 is 0 Å². The van der Waals surface area contributed by atoms with Crippen LogP contribution in [-0.4, -0.2) is 5.16 Å². The summed E-state index contributed by atoms with van der Waals surface area (Å²) in [5, 5.41) is 3.90. The topological polar surface area (TPSA) is 61.3 Å². The first-order chi connectivity index (χ1) is 11.2. The number of aryl methyl sites for hydroxylation is 1. The van der Waals surface area contributed by atoms with Gasteiger partial charge in [-0.1, -0.05) is 53.7 Å². The number of ether oxygens (including phenoxy) is 1. The van der Waals surface area contributed by atoms with E-state index >= 15 is 0 Å². The summed E-state index contributed by atoms with van der Waals surface area (Å²) in [6.07, 6.45) is 3.78. The quantitative estimate of drug-likeness (QED) is 0.762. The van der Waals surface area contributed by atoms with Crippen molar-refractivity contribution in [2.24, 2.45) is 0 Å². The molecule has 4 heteroatoms. The van der Waals surface area contributed by atoms with Crippen molar-refractivity contribution in [2.75, 3.05) is 5.73 Å². The molecule has 0 saturated carbocycles. The summed E-state index contributed by atoms with van der Waals surface area (Å²) in [5.74, 6) is 1.47. The minimum absolute atomic E-state index is 0.560. The van der Waals surface area contributed by atoms with E-state index in [0.717, 1.165) is 16.9 Å². The van der Waals surface area contributed by atoms with E-state index in [1.54, 1.807) is 6.92 Å². The van der Waals surface area contributed by atoms with E-state index < -0.39 is 0 Å². The molecular weight excluding hydrogens is 288 g/mol. The van der Waals surface area contributed by atoms with Crippen LogP contribution in [0.25, 0.3) is 12.2 Å². The average Bonchev–Trinajstić information content (AvgIpc) is 2.92. The van der Waals surface area contributed by atoms with E-state index in [-0.39, 0.29) is 0 Å². The van der Waals surface area contributed by atoms with Gasteiger partial charge in [0.15, 0.2) is 5.76 Å². The lowest BCUT2D eigenvalue weighted by atomic mass is 10.2. The average molecular weight is 306 g/mol. The van der Waals surface area contributed by atoms with Crippen LogP contribution < -0.4 is 10.5 Å². The Morgan fingerprint density at radius 3 is 2.43 bits per heavy atom. The van der Waals surface area contributed by atoms with E-state index in [2.05, 4.69) is 5.16 Å². The predicted molar refractivity (Wildman–Crippen MR) is 91.8 cm³/mol. The van der Waals surface area contributed by atoms with Crippen LogP contribution in [0.15, 0.2) is 59.1 Å². The third kappa shape index (κ3) is 3.80. The molecule has 0 aliphatic heterocycles. The third-order valence-electron chi connectivity index (χ3n) is 3.50. The van der Waals surface area contributed by atoms with Crippen LogP contribution in [0.2, 0.25) is 0 Å². The number of nitrogens with zero attached hydrogens (tertiary/aromatic N) is 1. The highest BCUT2D eigenvalue weighted by Crippen LogP contribution is 2.19. The summed E-state index contributed by atoms with van der Waals surface area (Å²) in [7, 11) is 0. The summed E-state index contributed by atoms with van der Waals surface area (Å²) in [5.41, 5.74) is 9.26. The number of aromatic nitrogens is 1. The van der Waals surface area contributed by atoms with Crippen molar-refractivity contribution in [3.8, 4) is 5.75 Å². The molecule has 0 aliphatic rings. The Bertz CT molecular complexity index is 790. The van der Waals surface area contributed by atoms with E-state index in [1.807, 2.05) is 66.7 Å². The van der Waals surface area contributed by atoms with E-state index in [0.29, 0.717) is 23.7 Å². The molecule has 0 amide bonds. The minimum atomic E-state index is 0.560. The molecule has 0 aliphatic carbocycles. The molecule has 0 radical (unpaired) electrons. The Balaban J connectivity index is 1.62. The highest BCUT2D eigenvalue weighted by Gasteiger charge is 2.05. The molecule has 0 fully saturated rings. The molecule has 2 N–H and O–H groups in total. The van der Waals surface area contributed by atoms with Crippen LogP contribution in [0.3, 0.4) is 0 Å². The summed E-state index contributed by atoms with van der Waals surface area (Å²) in [6, 6.07) is 17.9. The first kappa shape index (κ1) is 14.9. The predicted octanol–water partition coefficient (Wildman–Crippen LogP) is 4.31. The van der Waals surface area contributed by atoms with Gasteiger partial charge in [-0.3, -0.25) is 0 Å². The molecule has 1 heterocycles. The largest absolute Gasteiger partial charge is 0.489 e. The van der Waals surface area contributed by atoms with Gasteiger partial charge in [-0.15, -0.1) is 0 Å². The first-order valence-electron chi connectivity index (χ1n) is 7.39.